The number of hydrogen-bond acceptors (Lipinski definition) is 3. The quantitative estimate of drug-likeness (QED) is 0.123. The van der Waals surface area contributed by atoms with Gasteiger partial charge in [-0.2, -0.15) is 0 Å². The van der Waals surface area contributed by atoms with E-state index in [4.69, 9.17) is 9.40 Å². The normalized spacial score (nSPS) is 18.2. The van der Waals surface area contributed by atoms with E-state index < -0.39 is 13.3 Å². The first-order chi connectivity index (χ1) is 24.4. The number of rotatable bonds is 6. The van der Waals surface area contributed by atoms with Crippen LogP contribution in [0.25, 0.3) is 55.6 Å². The van der Waals surface area contributed by atoms with E-state index in [0.717, 1.165) is 62.2 Å². The van der Waals surface area contributed by atoms with Gasteiger partial charge in [-0.05, 0) is 72.4 Å². The molecule has 3 saturated carbocycles. The van der Waals surface area contributed by atoms with Crippen LogP contribution in [0.3, 0.4) is 0 Å². The number of hydrogen-bond donors (Lipinski definition) is 0. The van der Waals surface area contributed by atoms with Gasteiger partial charge in [0.15, 0.2) is 0 Å². The Morgan fingerprint density at radius 3 is 2.29 bits per heavy atom. The summed E-state index contributed by atoms with van der Waals surface area (Å²) < 4.78 is 7.90. The second-order valence-electron chi connectivity index (χ2n) is 15.2. The molecule has 5 heteroatoms. The molecule has 0 amide bonds. The van der Waals surface area contributed by atoms with Crippen LogP contribution in [0.5, 0.6) is 0 Å². The molecule has 3 aliphatic carbocycles. The van der Waals surface area contributed by atoms with E-state index in [1.807, 2.05) is 42.7 Å². The van der Waals surface area contributed by atoms with Crippen LogP contribution in [0, 0.1) is 29.9 Å². The van der Waals surface area contributed by atoms with Crippen LogP contribution < -0.4 is 4.40 Å². The molecule has 1 unspecified atom stereocenters. The molecule has 0 spiro atoms. The fourth-order valence-corrected chi connectivity index (χ4v) is 10.4. The number of benzene rings is 4. The van der Waals surface area contributed by atoms with E-state index in [2.05, 4.69) is 113 Å². The van der Waals surface area contributed by atoms with Crippen molar-refractivity contribution in [3.63, 3.8) is 0 Å². The van der Waals surface area contributed by atoms with E-state index in [1.165, 1.54) is 59.6 Å². The standard InChI is InChI=1S/C32H28NO.C14H16GeN.Ir/c1-2-6-24(7-3-1)26-8-5-11-30-31(26)28-10-4-9-27(32(28)34-30)29-20-22(16-17-33-29)19-25-18-21-12-14-23(25)15-13-21;1-15(2,3)13-9-10-14(16-11-13)12-7-5-4-6-8-12;/h1-8,10-11,16-17,20-21,23,25H,12-15,18-19H2;4-7,9-11H,1-3H3;/q2*-1;. The second-order valence-corrected chi connectivity index (χ2v) is 25.9. The van der Waals surface area contributed by atoms with Gasteiger partial charge in [0.25, 0.3) is 0 Å². The summed E-state index contributed by atoms with van der Waals surface area (Å²) in [5.41, 5.74) is 9.58. The Balaban J connectivity index is 0.000000202. The maximum Gasteiger partial charge on any atom is 0.121 e. The van der Waals surface area contributed by atoms with Crippen LogP contribution >= 0.6 is 0 Å². The van der Waals surface area contributed by atoms with Gasteiger partial charge in [0.05, 0.1) is 5.58 Å². The molecule has 0 aliphatic heterocycles. The molecular weight excluding hydrogens is 861 g/mol. The largest absolute Gasteiger partial charge is 0.501 e. The molecule has 3 fully saturated rings. The fraction of sp³-hybridized carbons (Fsp3) is 0.261. The number of aromatic nitrogens is 2. The van der Waals surface area contributed by atoms with Crippen molar-refractivity contribution in [1.82, 2.24) is 9.97 Å². The third kappa shape index (κ3) is 7.70. The van der Waals surface area contributed by atoms with Gasteiger partial charge < -0.3 is 9.40 Å². The molecular formula is C46H44GeIrN2O-2. The number of pyridine rings is 2. The molecule has 2 bridgehead atoms. The molecule has 1 radical (unpaired) electrons. The predicted molar refractivity (Wildman–Crippen MR) is 210 cm³/mol. The first-order valence-corrected chi connectivity index (χ1v) is 25.6. The second kappa shape index (κ2) is 15.4. The van der Waals surface area contributed by atoms with Gasteiger partial charge in [-0.25, -0.2) is 0 Å². The van der Waals surface area contributed by atoms with Crippen molar-refractivity contribution in [3.8, 4) is 33.6 Å². The van der Waals surface area contributed by atoms with Crippen molar-refractivity contribution in [2.75, 3.05) is 0 Å². The third-order valence-electron chi connectivity index (χ3n) is 10.9. The topological polar surface area (TPSA) is 38.9 Å². The third-order valence-corrected chi connectivity index (χ3v) is 15.2. The molecule has 3 heterocycles. The zero-order valence-corrected chi connectivity index (χ0v) is 34.2. The van der Waals surface area contributed by atoms with Gasteiger partial charge in [-0.15, -0.1) is 18.2 Å². The van der Waals surface area contributed by atoms with Gasteiger partial charge in [-0.3, -0.25) is 0 Å². The molecule has 1 atom stereocenters. The molecule has 0 N–H and O–H groups in total. The summed E-state index contributed by atoms with van der Waals surface area (Å²) in [7, 11) is 0. The minimum Gasteiger partial charge on any atom is -0.501 e. The molecule has 7 aromatic rings. The predicted octanol–water partition coefficient (Wildman–Crippen LogP) is 11.6. The summed E-state index contributed by atoms with van der Waals surface area (Å²) in [5, 5.41) is 2.29. The van der Waals surface area contributed by atoms with Crippen LogP contribution in [-0.4, -0.2) is 23.2 Å². The average molecular weight is 906 g/mol. The van der Waals surface area contributed by atoms with E-state index >= 15 is 0 Å². The number of furan rings is 1. The zero-order chi connectivity index (χ0) is 34.1. The van der Waals surface area contributed by atoms with Crippen LogP contribution in [0.2, 0.25) is 17.3 Å². The van der Waals surface area contributed by atoms with E-state index in [9.17, 15) is 0 Å². The molecule has 4 aromatic carbocycles. The maximum atomic E-state index is 6.46. The van der Waals surface area contributed by atoms with Crippen LogP contribution in [0.1, 0.15) is 37.7 Å². The summed E-state index contributed by atoms with van der Waals surface area (Å²) in [6.07, 6.45) is 12.4. The minimum atomic E-state index is -1.72. The summed E-state index contributed by atoms with van der Waals surface area (Å²) in [5.74, 6) is 9.86. The van der Waals surface area contributed by atoms with Crippen molar-refractivity contribution in [2.45, 2.75) is 55.8 Å². The average Bonchev–Trinajstić information content (AvgIpc) is 3.56. The summed E-state index contributed by atoms with van der Waals surface area (Å²) >= 11 is -1.72. The zero-order valence-electron chi connectivity index (χ0n) is 29.7. The fourth-order valence-electron chi connectivity index (χ4n) is 8.20. The first-order valence-electron chi connectivity index (χ1n) is 18.2. The smallest absolute Gasteiger partial charge is 0.121 e. The first kappa shape index (κ1) is 35.6. The van der Waals surface area contributed by atoms with Crippen molar-refractivity contribution < 1.29 is 24.5 Å². The molecule has 0 saturated heterocycles. The Morgan fingerprint density at radius 2 is 1.59 bits per heavy atom. The van der Waals surface area contributed by atoms with Crippen molar-refractivity contribution in [3.05, 3.63) is 139 Å². The summed E-state index contributed by atoms with van der Waals surface area (Å²) in [4.78, 5) is 9.29. The van der Waals surface area contributed by atoms with E-state index in [-0.39, 0.29) is 20.1 Å². The van der Waals surface area contributed by atoms with Crippen molar-refractivity contribution >= 4 is 39.6 Å². The minimum absolute atomic E-state index is 0. The number of fused-ring (bicyclic) bond motifs is 6. The number of nitrogens with zero attached hydrogens (tertiary/aromatic N) is 2. The molecule has 3 aliphatic rings. The van der Waals surface area contributed by atoms with Gasteiger partial charge in [0.2, 0.25) is 0 Å². The Morgan fingerprint density at radius 1 is 0.765 bits per heavy atom. The summed E-state index contributed by atoms with van der Waals surface area (Å²) in [6, 6.07) is 44.4. The molecule has 3 aromatic heterocycles. The van der Waals surface area contributed by atoms with Crippen molar-refractivity contribution in [1.29, 1.82) is 0 Å². The molecule has 259 valence electrons. The summed E-state index contributed by atoms with van der Waals surface area (Å²) in [6.45, 7) is 0. The van der Waals surface area contributed by atoms with E-state index in [1.54, 1.807) is 0 Å². The SMILES string of the molecule is [CH3][Ge]([CH3])([CH3])[c]1ccc(-c2[c-]cccc2)nc1.[Ir].[c-]1ccc2c(oc3cccc(-c4ccccc4)c32)c1-c1cc(CC2CC3CCC2CC3)ccn1. The Hall–Kier alpha value is -3.83. The maximum absolute atomic E-state index is 6.46. The van der Waals surface area contributed by atoms with Gasteiger partial charge in [0.1, 0.15) is 5.58 Å². The van der Waals surface area contributed by atoms with Crippen molar-refractivity contribution in [2.24, 2.45) is 17.8 Å². The Bertz CT molecular complexity index is 2220. The molecule has 51 heavy (non-hydrogen) atoms. The van der Waals surface area contributed by atoms with Crippen LogP contribution in [-0.2, 0) is 26.5 Å². The molecule has 10 rings (SSSR count). The monoisotopic (exact) mass is 907 g/mol. The van der Waals surface area contributed by atoms with Crippen LogP contribution in [0.4, 0.5) is 0 Å². The van der Waals surface area contributed by atoms with Gasteiger partial charge in [-0.1, -0.05) is 77.9 Å². The Labute approximate surface area is 318 Å². The molecule has 3 nitrogen and oxygen atoms in total. The van der Waals surface area contributed by atoms with Gasteiger partial charge in [0, 0.05) is 31.7 Å². The van der Waals surface area contributed by atoms with Crippen LogP contribution in [0.15, 0.2) is 126 Å². The van der Waals surface area contributed by atoms with E-state index in [0.29, 0.717) is 0 Å². The Kier molecular flexibility index (Phi) is 10.8. The van der Waals surface area contributed by atoms with Gasteiger partial charge >= 0.3 is 99.8 Å².